The summed E-state index contributed by atoms with van der Waals surface area (Å²) in [5.74, 6) is 0.220. The van der Waals surface area contributed by atoms with Crippen LogP contribution in [0.1, 0.15) is 11.4 Å². The highest BCUT2D eigenvalue weighted by Gasteiger charge is 2.22. The van der Waals surface area contributed by atoms with Crippen LogP contribution in [0.15, 0.2) is 63.8 Å². The summed E-state index contributed by atoms with van der Waals surface area (Å²) >= 11 is 0. The molecule has 0 unspecified atom stereocenters. The quantitative estimate of drug-likeness (QED) is 0.513. The smallest absolute Gasteiger partial charge is 0.287 e. The summed E-state index contributed by atoms with van der Waals surface area (Å²) in [6.45, 7) is 1.78. The van der Waals surface area contributed by atoms with Gasteiger partial charge in [0.05, 0.1) is 5.56 Å². The molecule has 0 saturated heterocycles. The number of aromatic amines is 1. The van der Waals surface area contributed by atoms with Crippen LogP contribution in [0.5, 0.6) is 0 Å². The van der Waals surface area contributed by atoms with Gasteiger partial charge in [-0.25, -0.2) is 4.98 Å². The van der Waals surface area contributed by atoms with Crippen molar-refractivity contribution in [3.63, 3.8) is 0 Å². The van der Waals surface area contributed by atoms with Crippen molar-refractivity contribution in [1.82, 2.24) is 19.6 Å². The zero-order valence-corrected chi connectivity index (χ0v) is 14.8. The first-order chi connectivity index (χ1) is 13.7. The molecule has 0 aliphatic heterocycles. The van der Waals surface area contributed by atoms with E-state index in [0.717, 1.165) is 5.56 Å². The second-order valence-corrected chi connectivity index (χ2v) is 6.38. The van der Waals surface area contributed by atoms with E-state index in [1.54, 1.807) is 13.0 Å². The third-order valence-corrected chi connectivity index (χ3v) is 4.65. The lowest BCUT2D eigenvalue weighted by Crippen LogP contribution is -2.19. The number of hydrogen-bond acceptors (Lipinski definition) is 5. The van der Waals surface area contributed by atoms with Gasteiger partial charge in [-0.2, -0.15) is 14.9 Å². The lowest BCUT2D eigenvalue weighted by atomic mass is 10.1. The van der Waals surface area contributed by atoms with Crippen molar-refractivity contribution >= 4 is 16.7 Å². The summed E-state index contributed by atoms with van der Waals surface area (Å²) in [5, 5.41) is 13.8. The zero-order valence-electron chi connectivity index (χ0n) is 14.8. The average molecular weight is 367 g/mol. The molecular formula is C21H13N5O2. The van der Waals surface area contributed by atoms with Gasteiger partial charge in [-0.1, -0.05) is 42.5 Å². The molecule has 2 aromatic carbocycles. The molecule has 0 spiro atoms. The first kappa shape index (κ1) is 16.0. The number of benzene rings is 2. The number of hydrogen-bond donors (Lipinski definition) is 1. The van der Waals surface area contributed by atoms with Crippen molar-refractivity contribution < 1.29 is 4.42 Å². The minimum Gasteiger partial charge on any atom is -0.436 e. The van der Waals surface area contributed by atoms with Crippen LogP contribution in [-0.4, -0.2) is 19.6 Å². The van der Waals surface area contributed by atoms with Gasteiger partial charge in [0.25, 0.3) is 5.56 Å². The number of fused-ring (bicyclic) bond motifs is 2. The van der Waals surface area contributed by atoms with Crippen molar-refractivity contribution in [3.05, 3.63) is 76.3 Å². The first-order valence-corrected chi connectivity index (χ1v) is 8.64. The predicted octanol–water partition coefficient (Wildman–Crippen LogP) is 3.68. The van der Waals surface area contributed by atoms with Crippen LogP contribution in [-0.2, 0) is 0 Å². The fourth-order valence-corrected chi connectivity index (χ4v) is 3.37. The molecule has 0 atom stereocenters. The molecule has 7 nitrogen and oxygen atoms in total. The maximum Gasteiger partial charge on any atom is 0.287 e. The third kappa shape index (κ3) is 2.25. The Bertz CT molecular complexity index is 1420. The molecule has 3 heterocycles. The SMILES string of the molecule is Cc1[nH]c2c(-c3ccccc3)c(C#N)nn2c(=O)c1-c1nc2ccccc2o1. The number of oxazole rings is 1. The van der Waals surface area contributed by atoms with Crippen molar-refractivity contribution in [2.45, 2.75) is 6.92 Å². The second kappa shape index (κ2) is 5.93. The highest BCUT2D eigenvalue weighted by Crippen LogP contribution is 2.29. The minimum atomic E-state index is -0.392. The van der Waals surface area contributed by atoms with E-state index in [9.17, 15) is 10.1 Å². The van der Waals surface area contributed by atoms with E-state index in [1.165, 1.54) is 4.52 Å². The topological polar surface area (TPSA) is 100.0 Å². The predicted molar refractivity (Wildman–Crippen MR) is 104 cm³/mol. The van der Waals surface area contributed by atoms with E-state index in [2.05, 4.69) is 21.1 Å². The fourth-order valence-electron chi connectivity index (χ4n) is 3.37. The standard InChI is InChI=1S/C21H13N5O2/c1-12-17(20-24-14-9-5-6-10-16(14)28-20)21(27)26-19(23-12)18(15(11-22)25-26)13-7-3-2-4-8-13/h2-10,23H,1H3. The van der Waals surface area contributed by atoms with Gasteiger partial charge < -0.3 is 9.40 Å². The number of aryl methyl sites for hydroxylation is 1. The highest BCUT2D eigenvalue weighted by molar-refractivity contribution is 5.83. The largest absolute Gasteiger partial charge is 0.436 e. The molecule has 0 saturated carbocycles. The van der Waals surface area contributed by atoms with Gasteiger partial charge >= 0.3 is 0 Å². The first-order valence-electron chi connectivity index (χ1n) is 8.64. The molecule has 0 bridgehead atoms. The zero-order chi connectivity index (χ0) is 19.3. The van der Waals surface area contributed by atoms with Gasteiger partial charge in [-0.15, -0.1) is 0 Å². The van der Waals surface area contributed by atoms with Crippen LogP contribution in [0, 0.1) is 18.3 Å². The van der Waals surface area contributed by atoms with Crippen LogP contribution in [0.4, 0.5) is 0 Å². The Labute approximate surface area is 158 Å². The monoisotopic (exact) mass is 367 g/mol. The molecule has 0 fully saturated rings. The summed E-state index contributed by atoms with van der Waals surface area (Å²) in [7, 11) is 0. The highest BCUT2D eigenvalue weighted by atomic mass is 16.3. The summed E-state index contributed by atoms with van der Waals surface area (Å²) in [6, 6.07) is 18.8. The normalized spacial score (nSPS) is 11.1. The third-order valence-electron chi connectivity index (χ3n) is 4.65. The fraction of sp³-hybridized carbons (Fsp3) is 0.0476. The van der Waals surface area contributed by atoms with E-state index < -0.39 is 5.56 Å². The Hall–Kier alpha value is -4.18. The van der Waals surface area contributed by atoms with Crippen molar-refractivity contribution in [2.24, 2.45) is 0 Å². The molecule has 28 heavy (non-hydrogen) atoms. The molecule has 5 rings (SSSR count). The number of H-pyrrole nitrogens is 1. The minimum absolute atomic E-state index is 0.175. The molecule has 0 radical (unpaired) electrons. The van der Waals surface area contributed by atoms with E-state index in [-0.39, 0.29) is 17.1 Å². The molecule has 0 amide bonds. The average Bonchev–Trinajstić information content (AvgIpc) is 3.29. The number of aromatic nitrogens is 4. The van der Waals surface area contributed by atoms with E-state index in [4.69, 9.17) is 4.42 Å². The number of nitrogens with zero attached hydrogens (tertiary/aromatic N) is 4. The van der Waals surface area contributed by atoms with Gasteiger partial charge in [0, 0.05) is 5.69 Å². The Kier molecular flexibility index (Phi) is 3.39. The lowest BCUT2D eigenvalue weighted by Gasteiger charge is -2.05. The Balaban J connectivity index is 1.83. The van der Waals surface area contributed by atoms with Gasteiger partial charge in [0.2, 0.25) is 5.89 Å². The second-order valence-electron chi connectivity index (χ2n) is 6.38. The lowest BCUT2D eigenvalue weighted by molar-refractivity contribution is 0.616. The van der Waals surface area contributed by atoms with Crippen LogP contribution in [0.3, 0.4) is 0 Å². The molecule has 134 valence electrons. The molecule has 5 aromatic rings. The maximum absolute atomic E-state index is 13.2. The Morgan fingerprint density at radius 2 is 1.82 bits per heavy atom. The summed E-state index contributed by atoms with van der Waals surface area (Å²) in [4.78, 5) is 20.8. The molecule has 0 aliphatic carbocycles. The van der Waals surface area contributed by atoms with Crippen LogP contribution in [0.25, 0.3) is 39.3 Å². The Morgan fingerprint density at radius 3 is 2.57 bits per heavy atom. The number of nitriles is 1. The van der Waals surface area contributed by atoms with Crippen LogP contribution >= 0.6 is 0 Å². The molecule has 3 aromatic heterocycles. The van der Waals surface area contributed by atoms with Gasteiger partial charge in [-0.05, 0) is 24.6 Å². The maximum atomic E-state index is 13.2. The number of para-hydroxylation sites is 2. The Morgan fingerprint density at radius 1 is 1.07 bits per heavy atom. The molecule has 7 heteroatoms. The summed E-state index contributed by atoms with van der Waals surface area (Å²) < 4.78 is 6.98. The van der Waals surface area contributed by atoms with Crippen molar-refractivity contribution in [1.29, 1.82) is 5.26 Å². The summed E-state index contributed by atoms with van der Waals surface area (Å²) in [5.41, 5.74) is 3.78. The molecule has 1 N–H and O–H groups in total. The van der Waals surface area contributed by atoms with Gasteiger partial charge in [0.15, 0.2) is 11.3 Å². The summed E-state index contributed by atoms with van der Waals surface area (Å²) in [6.07, 6.45) is 0. The van der Waals surface area contributed by atoms with E-state index >= 15 is 0 Å². The number of rotatable bonds is 2. The van der Waals surface area contributed by atoms with E-state index in [0.29, 0.717) is 28.0 Å². The van der Waals surface area contributed by atoms with Crippen molar-refractivity contribution in [3.8, 4) is 28.7 Å². The van der Waals surface area contributed by atoms with Gasteiger partial charge in [-0.3, -0.25) is 4.79 Å². The molecule has 0 aliphatic rings. The van der Waals surface area contributed by atoms with E-state index in [1.807, 2.05) is 48.5 Å². The van der Waals surface area contributed by atoms with Crippen molar-refractivity contribution in [2.75, 3.05) is 0 Å². The molecular weight excluding hydrogens is 354 g/mol. The van der Waals surface area contributed by atoms with Crippen LogP contribution < -0.4 is 5.56 Å². The van der Waals surface area contributed by atoms with Gasteiger partial charge in [0.1, 0.15) is 22.8 Å². The number of nitrogens with one attached hydrogen (secondary N) is 1. The van der Waals surface area contributed by atoms with Crippen LogP contribution in [0.2, 0.25) is 0 Å².